The number of carbonyl (C=O) groups excluding carboxylic acids is 2. The Morgan fingerprint density at radius 3 is 2.68 bits per heavy atom. The number of carboxylic acids is 1. The highest BCUT2D eigenvalue weighted by Crippen LogP contribution is 2.04. The Kier molecular flexibility index (Phi) is 5.59. The summed E-state index contributed by atoms with van der Waals surface area (Å²) in [5, 5.41) is 11.5. The molecule has 3 amide bonds. The molecule has 1 heterocycles. The molecule has 0 saturated carbocycles. The van der Waals surface area contributed by atoms with Gasteiger partial charge < -0.3 is 20.2 Å². The van der Waals surface area contributed by atoms with Crippen molar-refractivity contribution in [3.8, 4) is 0 Å². The van der Waals surface area contributed by atoms with E-state index in [0.29, 0.717) is 32.4 Å². The number of hydrogen-bond donors (Lipinski definition) is 2. The minimum absolute atomic E-state index is 0.000791. The third-order valence-electron chi connectivity index (χ3n) is 3.13. The minimum atomic E-state index is -1.05. The van der Waals surface area contributed by atoms with Crippen molar-refractivity contribution >= 4 is 17.9 Å². The molecular formula is C12H21N3O4. The molecule has 0 aromatic heterocycles. The van der Waals surface area contributed by atoms with Crippen molar-refractivity contribution in [2.45, 2.75) is 32.2 Å². The van der Waals surface area contributed by atoms with Crippen LogP contribution in [0.15, 0.2) is 0 Å². The van der Waals surface area contributed by atoms with Crippen LogP contribution in [-0.2, 0) is 9.59 Å². The van der Waals surface area contributed by atoms with Crippen LogP contribution in [0.3, 0.4) is 0 Å². The topological polar surface area (TPSA) is 90.0 Å². The molecule has 19 heavy (non-hydrogen) atoms. The van der Waals surface area contributed by atoms with Crippen LogP contribution in [0.2, 0.25) is 0 Å². The third kappa shape index (κ3) is 4.42. The molecule has 0 spiro atoms. The average Bonchev–Trinajstić information content (AvgIpc) is 2.51. The van der Waals surface area contributed by atoms with Gasteiger partial charge in [0.25, 0.3) is 0 Å². The van der Waals surface area contributed by atoms with Crippen molar-refractivity contribution in [3.05, 3.63) is 0 Å². The van der Waals surface area contributed by atoms with E-state index in [4.69, 9.17) is 5.11 Å². The largest absolute Gasteiger partial charge is 0.480 e. The summed E-state index contributed by atoms with van der Waals surface area (Å²) < 4.78 is 0. The van der Waals surface area contributed by atoms with Crippen LogP contribution in [0, 0.1) is 0 Å². The zero-order valence-corrected chi connectivity index (χ0v) is 11.4. The Morgan fingerprint density at radius 2 is 2.11 bits per heavy atom. The number of rotatable bonds is 4. The van der Waals surface area contributed by atoms with E-state index in [0.717, 1.165) is 0 Å². The number of aliphatic carboxylic acids is 1. The zero-order valence-electron chi connectivity index (χ0n) is 11.4. The highest BCUT2D eigenvalue weighted by Gasteiger charge is 2.26. The van der Waals surface area contributed by atoms with Crippen molar-refractivity contribution in [1.29, 1.82) is 0 Å². The van der Waals surface area contributed by atoms with Gasteiger partial charge in [-0.2, -0.15) is 0 Å². The van der Waals surface area contributed by atoms with Crippen LogP contribution in [0.25, 0.3) is 0 Å². The van der Waals surface area contributed by atoms with E-state index >= 15 is 0 Å². The van der Waals surface area contributed by atoms with Gasteiger partial charge in [-0.25, -0.2) is 9.59 Å². The van der Waals surface area contributed by atoms with Gasteiger partial charge in [-0.05, 0) is 12.8 Å². The van der Waals surface area contributed by atoms with Crippen molar-refractivity contribution in [1.82, 2.24) is 15.1 Å². The van der Waals surface area contributed by atoms with Gasteiger partial charge in [0.1, 0.15) is 12.6 Å². The maximum absolute atomic E-state index is 12.0. The Bertz CT molecular complexity index is 359. The van der Waals surface area contributed by atoms with Crippen LogP contribution >= 0.6 is 0 Å². The normalized spacial score (nSPS) is 17.9. The molecule has 1 aliphatic rings. The lowest BCUT2D eigenvalue weighted by Gasteiger charge is -2.22. The Balaban J connectivity index is 2.60. The fourth-order valence-corrected chi connectivity index (χ4v) is 1.95. The summed E-state index contributed by atoms with van der Waals surface area (Å²) in [6.07, 6.45) is 1.74. The van der Waals surface area contributed by atoms with Crippen LogP contribution in [0.5, 0.6) is 0 Å². The van der Waals surface area contributed by atoms with E-state index in [9.17, 15) is 14.4 Å². The van der Waals surface area contributed by atoms with Crippen molar-refractivity contribution in [3.63, 3.8) is 0 Å². The molecule has 7 nitrogen and oxygen atoms in total. The summed E-state index contributed by atoms with van der Waals surface area (Å²) in [4.78, 5) is 37.6. The first-order chi connectivity index (χ1) is 8.95. The maximum atomic E-state index is 12.0. The van der Waals surface area contributed by atoms with Gasteiger partial charge in [-0.15, -0.1) is 0 Å². The van der Waals surface area contributed by atoms with Gasteiger partial charge in [0, 0.05) is 20.1 Å². The van der Waals surface area contributed by atoms with Gasteiger partial charge in [0.2, 0.25) is 5.91 Å². The molecule has 7 heteroatoms. The molecule has 1 fully saturated rings. The highest BCUT2D eigenvalue weighted by atomic mass is 16.4. The van der Waals surface area contributed by atoms with Crippen molar-refractivity contribution < 1.29 is 19.5 Å². The summed E-state index contributed by atoms with van der Waals surface area (Å²) in [5.41, 5.74) is 0. The number of amides is 3. The molecule has 108 valence electrons. The van der Waals surface area contributed by atoms with Crippen LogP contribution < -0.4 is 5.32 Å². The number of likely N-dealkylation sites (N-methyl/N-ethyl adjacent to an activating group) is 1. The molecular weight excluding hydrogens is 250 g/mol. The summed E-state index contributed by atoms with van der Waals surface area (Å²) >= 11 is 0. The quantitative estimate of drug-likeness (QED) is 0.759. The van der Waals surface area contributed by atoms with Gasteiger partial charge in [-0.3, -0.25) is 4.79 Å². The van der Waals surface area contributed by atoms with Crippen LogP contribution in [0.1, 0.15) is 26.2 Å². The maximum Gasteiger partial charge on any atom is 0.326 e. The van der Waals surface area contributed by atoms with E-state index in [2.05, 4.69) is 5.32 Å². The number of urea groups is 1. The molecule has 1 atom stereocenters. The molecule has 1 saturated heterocycles. The molecule has 0 aliphatic carbocycles. The van der Waals surface area contributed by atoms with E-state index in [1.165, 1.54) is 4.90 Å². The number of hydrogen-bond acceptors (Lipinski definition) is 3. The lowest BCUT2D eigenvalue weighted by molar-refractivity contribution is -0.139. The second-order valence-corrected chi connectivity index (χ2v) is 4.72. The van der Waals surface area contributed by atoms with Gasteiger partial charge >= 0.3 is 12.0 Å². The lowest BCUT2D eigenvalue weighted by Crippen LogP contribution is -2.49. The standard InChI is InChI=1S/C12H21N3O4/c1-3-5-9(11(17)18)13-12(19)15-7-4-6-14(2)10(16)8-15/h9H,3-8H2,1-2H3,(H,13,19)(H,17,18)/t9-/m1/s1. The summed E-state index contributed by atoms with van der Waals surface area (Å²) in [5.74, 6) is -1.18. The first kappa shape index (κ1) is 15.3. The second-order valence-electron chi connectivity index (χ2n) is 4.72. The first-order valence-corrected chi connectivity index (χ1v) is 6.48. The Morgan fingerprint density at radius 1 is 1.42 bits per heavy atom. The van der Waals surface area contributed by atoms with Gasteiger partial charge in [-0.1, -0.05) is 13.3 Å². The van der Waals surface area contributed by atoms with Crippen molar-refractivity contribution in [2.75, 3.05) is 26.7 Å². The second kappa shape index (κ2) is 6.96. The molecule has 0 aromatic carbocycles. The van der Waals surface area contributed by atoms with Gasteiger partial charge in [0.15, 0.2) is 0 Å². The highest BCUT2D eigenvalue weighted by molar-refractivity contribution is 5.86. The fraction of sp³-hybridized carbons (Fsp3) is 0.750. The monoisotopic (exact) mass is 271 g/mol. The summed E-state index contributed by atoms with van der Waals surface area (Å²) in [6, 6.07) is -1.38. The molecule has 1 rings (SSSR count). The molecule has 2 N–H and O–H groups in total. The molecule has 0 unspecified atom stereocenters. The Hall–Kier alpha value is -1.79. The van der Waals surface area contributed by atoms with Crippen LogP contribution in [-0.4, -0.2) is 65.5 Å². The number of nitrogens with one attached hydrogen (secondary N) is 1. The van der Waals surface area contributed by atoms with Crippen molar-refractivity contribution in [2.24, 2.45) is 0 Å². The first-order valence-electron chi connectivity index (χ1n) is 6.48. The van der Waals surface area contributed by atoms with E-state index in [1.807, 2.05) is 6.92 Å². The molecule has 0 bridgehead atoms. The SMILES string of the molecule is CCC[C@@H](NC(=O)N1CCCN(C)C(=O)C1)C(=O)O. The predicted octanol–water partition coefficient (Wildman–Crippen LogP) is 0.113. The smallest absolute Gasteiger partial charge is 0.326 e. The summed E-state index contributed by atoms with van der Waals surface area (Å²) in [7, 11) is 1.70. The van der Waals surface area contributed by atoms with E-state index in [1.54, 1.807) is 11.9 Å². The van der Waals surface area contributed by atoms with E-state index < -0.39 is 18.0 Å². The Labute approximate surface area is 112 Å². The predicted molar refractivity (Wildman–Crippen MR) is 68.7 cm³/mol. The number of carbonyl (C=O) groups is 3. The fourth-order valence-electron chi connectivity index (χ4n) is 1.95. The van der Waals surface area contributed by atoms with Gasteiger partial charge in [0.05, 0.1) is 0 Å². The minimum Gasteiger partial charge on any atom is -0.480 e. The summed E-state index contributed by atoms with van der Waals surface area (Å²) in [6.45, 7) is 2.92. The third-order valence-corrected chi connectivity index (χ3v) is 3.13. The number of nitrogens with zero attached hydrogens (tertiary/aromatic N) is 2. The molecule has 0 radical (unpaired) electrons. The number of carboxylic acid groups (broad SMARTS) is 1. The van der Waals surface area contributed by atoms with Crippen LogP contribution in [0.4, 0.5) is 4.79 Å². The lowest BCUT2D eigenvalue weighted by atomic mass is 10.2. The average molecular weight is 271 g/mol. The molecule has 0 aromatic rings. The zero-order chi connectivity index (χ0) is 14.4. The molecule has 1 aliphatic heterocycles. The van der Waals surface area contributed by atoms with E-state index in [-0.39, 0.29) is 12.5 Å².